The highest BCUT2D eigenvalue weighted by molar-refractivity contribution is 4.55. The highest BCUT2D eigenvalue weighted by Crippen LogP contribution is 2.02. The summed E-state index contributed by atoms with van der Waals surface area (Å²) in [5.74, 6) is 0. The number of rotatable bonds is 7. The molecule has 3 nitrogen and oxygen atoms in total. The molecule has 0 heterocycles. The molecular formula is C8H20N2O. The molecule has 0 aliphatic rings. The first-order valence-electron chi connectivity index (χ1n) is 4.36. The third kappa shape index (κ3) is 6.28. The molecular weight excluding hydrogens is 140 g/mol. The minimum Gasteiger partial charge on any atom is -0.378 e. The minimum atomic E-state index is 0.339. The molecule has 0 spiro atoms. The fourth-order valence-corrected chi connectivity index (χ4v) is 0.925. The molecule has 0 aromatic carbocycles. The lowest BCUT2D eigenvalue weighted by Gasteiger charge is -2.14. The van der Waals surface area contributed by atoms with Crippen LogP contribution in [0.1, 0.15) is 26.2 Å². The Balaban J connectivity index is 3.20. The molecule has 0 saturated heterocycles. The maximum atomic E-state index is 5.51. The lowest BCUT2D eigenvalue weighted by molar-refractivity contribution is 0.0461. The van der Waals surface area contributed by atoms with Crippen molar-refractivity contribution in [3.63, 3.8) is 0 Å². The van der Waals surface area contributed by atoms with Gasteiger partial charge in [-0.15, -0.1) is 0 Å². The van der Waals surface area contributed by atoms with E-state index in [1.807, 2.05) is 0 Å². The van der Waals surface area contributed by atoms with Crippen molar-refractivity contribution in [3.8, 4) is 0 Å². The molecule has 0 amide bonds. The van der Waals surface area contributed by atoms with Gasteiger partial charge in [0.2, 0.25) is 0 Å². The molecule has 1 atom stereocenters. The fourth-order valence-electron chi connectivity index (χ4n) is 0.925. The monoisotopic (exact) mass is 160 g/mol. The Morgan fingerprint density at radius 2 is 2.00 bits per heavy atom. The van der Waals surface area contributed by atoms with E-state index in [0.717, 1.165) is 25.9 Å². The Hall–Kier alpha value is -0.120. The Morgan fingerprint density at radius 3 is 2.45 bits per heavy atom. The van der Waals surface area contributed by atoms with Crippen molar-refractivity contribution in [1.29, 1.82) is 0 Å². The molecule has 4 N–H and O–H groups in total. The first-order valence-corrected chi connectivity index (χ1v) is 4.36. The average molecular weight is 160 g/mol. The number of nitrogens with two attached hydrogens (primary N) is 2. The van der Waals surface area contributed by atoms with Crippen LogP contribution in [-0.2, 0) is 4.74 Å². The Labute approximate surface area is 69.1 Å². The summed E-state index contributed by atoms with van der Waals surface area (Å²) in [5.41, 5.74) is 10.7. The van der Waals surface area contributed by atoms with Crippen LogP contribution in [0.25, 0.3) is 0 Å². The van der Waals surface area contributed by atoms with Gasteiger partial charge in [0.15, 0.2) is 0 Å². The second kappa shape index (κ2) is 7.98. The number of hydrogen-bond acceptors (Lipinski definition) is 3. The summed E-state index contributed by atoms with van der Waals surface area (Å²) >= 11 is 0. The molecule has 1 unspecified atom stereocenters. The minimum absolute atomic E-state index is 0.339. The molecule has 3 heteroatoms. The second-order valence-electron chi connectivity index (χ2n) is 2.62. The van der Waals surface area contributed by atoms with Crippen LogP contribution in [-0.4, -0.2) is 25.8 Å². The highest BCUT2D eigenvalue weighted by atomic mass is 16.5. The van der Waals surface area contributed by atoms with E-state index in [2.05, 4.69) is 6.92 Å². The van der Waals surface area contributed by atoms with Crippen molar-refractivity contribution in [1.82, 2.24) is 0 Å². The van der Waals surface area contributed by atoms with Gasteiger partial charge in [-0.1, -0.05) is 6.92 Å². The maximum absolute atomic E-state index is 5.51. The zero-order chi connectivity index (χ0) is 8.53. The molecule has 0 rings (SSSR count). The zero-order valence-corrected chi connectivity index (χ0v) is 7.38. The predicted molar refractivity (Wildman–Crippen MR) is 47.4 cm³/mol. The molecule has 0 aliphatic heterocycles. The molecule has 68 valence electrons. The van der Waals surface area contributed by atoms with E-state index in [9.17, 15) is 0 Å². The average Bonchev–Trinajstić information content (AvgIpc) is 2.03. The Morgan fingerprint density at radius 1 is 1.27 bits per heavy atom. The lowest BCUT2D eigenvalue weighted by Crippen LogP contribution is -2.18. The summed E-state index contributed by atoms with van der Waals surface area (Å²) in [6, 6.07) is 0. The van der Waals surface area contributed by atoms with Crippen LogP contribution < -0.4 is 11.5 Å². The van der Waals surface area contributed by atoms with Crippen molar-refractivity contribution in [2.75, 3.05) is 19.7 Å². The fraction of sp³-hybridized carbons (Fsp3) is 1.00. The molecule has 0 bridgehead atoms. The largest absolute Gasteiger partial charge is 0.378 e. The Kier molecular flexibility index (Phi) is 7.89. The van der Waals surface area contributed by atoms with Crippen LogP contribution in [0.2, 0.25) is 0 Å². The predicted octanol–water partition coefficient (Wildman–Crippen LogP) is 0.479. The van der Waals surface area contributed by atoms with Gasteiger partial charge < -0.3 is 16.2 Å². The van der Waals surface area contributed by atoms with Gasteiger partial charge in [0.1, 0.15) is 0 Å². The first kappa shape index (κ1) is 10.9. The van der Waals surface area contributed by atoms with Gasteiger partial charge in [-0.05, 0) is 32.4 Å². The van der Waals surface area contributed by atoms with Crippen LogP contribution in [0.4, 0.5) is 0 Å². The summed E-state index contributed by atoms with van der Waals surface area (Å²) < 4.78 is 5.51. The quantitative estimate of drug-likeness (QED) is 0.532. The van der Waals surface area contributed by atoms with E-state index in [0.29, 0.717) is 19.2 Å². The van der Waals surface area contributed by atoms with Crippen molar-refractivity contribution < 1.29 is 4.74 Å². The molecule has 0 aromatic heterocycles. The van der Waals surface area contributed by atoms with Crippen molar-refractivity contribution in [2.24, 2.45) is 11.5 Å². The maximum Gasteiger partial charge on any atom is 0.0584 e. The van der Waals surface area contributed by atoms with E-state index in [1.165, 1.54) is 0 Å². The highest BCUT2D eigenvalue weighted by Gasteiger charge is 2.03. The summed E-state index contributed by atoms with van der Waals surface area (Å²) in [5, 5.41) is 0. The molecule has 0 fully saturated rings. The van der Waals surface area contributed by atoms with Gasteiger partial charge in [0.05, 0.1) is 6.10 Å². The van der Waals surface area contributed by atoms with Gasteiger partial charge >= 0.3 is 0 Å². The van der Waals surface area contributed by atoms with Crippen LogP contribution in [0, 0.1) is 0 Å². The van der Waals surface area contributed by atoms with E-state index >= 15 is 0 Å². The van der Waals surface area contributed by atoms with Crippen molar-refractivity contribution in [3.05, 3.63) is 0 Å². The van der Waals surface area contributed by atoms with Gasteiger partial charge in [-0.3, -0.25) is 0 Å². The van der Waals surface area contributed by atoms with Crippen molar-refractivity contribution in [2.45, 2.75) is 32.3 Å². The SMILES string of the molecule is CCC(CCN)OCCCN. The molecule has 0 saturated carbocycles. The summed E-state index contributed by atoms with van der Waals surface area (Å²) in [6.45, 7) is 4.30. The Bertz CT molecular complexity index is 78.5. The van der Waals surface area contributed by atoms with Crippen LogP contribution in [0.15, 0.2) is 0 Å². The summed E-state index contributed by atoms with van der Waals surface area (Å²) in [7, 11) is 0. The molecule has 0 aliphatic carbocycles. The first-order chi connectivity index (χ1) is 5.35. The summed E-state index contributed by atoms with van der Waals surface area (Å²) in [6.07, 6.45) is 3.29. The van der Waals surface area contributed by atoms with Crippen LogP contribution in [0.5, 0.6) is 0 Å². The van der Waals surface area contributed by atoms with Gasteiger partial charge in [-0.25, -0.2) is 0 Å². The normalized spacial score (nSPS) is 13.4. The van der Waals surface area contributed by atoms with E-state index in [4.69, 9.17) is 16.2 Å². The van der Waals surface area contributed by atoms with E-state index in [1.54, 1.807) is 0 Å². The molecule has 0 radical (unpaired) electrons. The summed E-state index contributed by atoms with van der Waals surface area (Å²) in [4.78, 5) is 0. The van der Waals surface area contributed by atoms with Crippen molar-refractivity contribution >= 4 is 0 Å². The molecule has 11 heavy (non-hydrogen) atoms. The zero-order valence-electron chi connectivity index (χ0n) is 7.38. The van der Waals surface area contributed by atoms with Gasteiger partial charge in [-0.2, -0.15) is 0 Å². The standard InChI is InChI=1S/C8H20N2O/c1-2-8(4-6-10)11-7-3-5-9/h8H,2-7,9-10H2,1H3. The van der Waals surface area contributed by atoms with E-state index in [-0.39, 0.29) is 0 Å². The molecule has 0 aromatic rings. The number of hydrogen-bond donors (Lipinski definition) is 2. The third-order valence-corrected chi connectivity index (χ3v) is 1.65. The van der Waals surface area contributed by atoms with Crippen LogP contribution in [0.3, 0.4) is 0 Å². The smallest absolute Gasteiger partial charge is 0.0584 e. The van der Waals surface area contributed by atoms with Gasteiger partial charge in [0, 0.05) is 6.61 Å². The van der Waals surface area contributed by atoms with Crippen LogP contribution >= 0.6 is 0 Å². The third-order valence-electron chi connectivity index (χ3n) is 1.65. The second-order valence-corrected chi connectivity index (χ2v) is 2.62. The number of ether oxygens (including phenoxy) is 1. The lowest BCUT2D eigenvalue weighted by atomic mass is 10.2. The van der Waals surface area contributed by atoms with E-state index < -0.39 is 0 Å². The topological polar surface area (TPSA) is 61.3 Å². The van der Waals surface area contributed by atoms with Gasteiger partial charge in [0.25, 0.3) is 0 Å².